The maximum absolute atomic E-state index is 10.5. The first-order valence-electron chi connectivity index (χ1n) is 3.17. The fraction of sp³-hybridized carbons (Fsp3) is 0.667. The van der Waals surface area contributed by atoms with E-state index in [9.17, 15) is 9.59 Å². The molecule has 0 heterocycles. The number of aliphatic hydroxyl groups excluding tert-OH is 4. The summed E-state index contributed by atoms with van der Waals surface area (Å²) in [6.07, 6.45) is -5.66. The lowest BCUT2D eigenvalue weighted by Crippen LogP contribution is -2.43. The van der Waals surface area contributed by atoms with Gasteiger partial charge in [-0.25, -0.2) is 0 Å². The topological polar surface area (TPSA) is 115 Å². The summed E-state index contributed by atoms with van der Waals surface area (Å²) in [5.74, 6) is -1.05. The van der Waals surface area contributed by atoms with Gasteiger partial charge in [-0.3, -0.25) is 4.79 Å². The van der Waals surface area contributed by atoms with Crippen LogP contribution >= 0.6 is 0 Å². The molecule has 0 spiro atoms. The Hall–Kier alpha value is -0.820. The number of carbonyl (C=O) groups is 2. The standard InChI is InChI=1S/C6H10O6/c7-1-3(9)5(11)6(12)4(10)2-8/h1,3,5-6,8-9,11-12H,2H2/t3-,5+,6-/m0/s1. The SMILES string of the molecule is O=C[C@H](O)[C@@H](O)[C@@H](O)C(=O)CO. The molecule has 70 valence electrons. The zero-order chi connectivity index (χ0) is 9.72. The van der Waals surface area contributed by atoms with Gasteiger partial charge in [0.25, 0.3) is 0 Å². The Morgan fingerprint density at radius 1 is 1.33 bits per heavy atom. The van der Waals surface area contributed by atoms with E-state index in [1.807, 2.05) is 0 Å². The Kier molecular flexibility index (Phi) is 4.60. The first kappa shape index (κ1) is 11.2. The number of ketones is 1. The van der Waals surface area contributed by atoms with E-state index in [-0.39, 0.29) is 6.29 Å². The summed E-state index contributed by atoms with van der Waals surface area (Å²) in [5.41, 5.74) is 0. The summed E-state index contributed by atoms with van der Waals surface area (Å²) in [6, 6.07) is 0. The van der Waals surface area contributed by atoms with Gasteiger partial charge in [-0.15, -0.1) is 0 Å². The number of hydrogen-bond acceptors (Lipinski definition) is 6. The third kappa shape index (κ3) is 2.67. The van der Waals surface area contributed by atoms with Crippen LogP contribution in [0.2, 0.25) is 0 Å². The molecular weight excluding hydrogens is 168 g/mol. The number of rotatable bonds is 5. The Balaban J connectivity index is 4.17. The van der Waals surface area contributed by atoms with Crippen LogP contribution < -0.4 is 0 Å². The Bertz CT molecular complexity index is 167. The lowest BCUT2D eigenvalue weighted by molar-refractivity contribution is -0.143. The molecule has 0 saturated carbocycles. The first-order valence-corrected chi connectivity index (χ1v) is 3.17. The van der Waals surface area contributed by atoms with Crippen LogP contribution in [0.4, 0.5) is 0 Å². The van der Waals surface area contributed by atoms with Crippen molar-refractivity contribution < 1.29 is 30.0 Å². The van der Waals surface area contributed by atoms with Crippen LogP contribution in [0.3, 0.4) is 0 Å². The van der Waals surface area contributed by atoms with E-state index in [0.29, 0.717) is 0 Å². The van der Waals surface area contributed by atoms with E-state index in [1.54, 1.807) is 0 Å². The second-order valence-corrected chi connectivity index (χ2v) is 2.19. The van der Waals surface area contributed by atoms with Crippen LogP contribution in [0.1, 0.15) is 0 Å². The van der Waals surface area contributed by atoms with E-state index in [1.165, 1.54) is 0 Å². The molecule has 6 heteroatoms. The molecule has 3 atom stereocenters. The largest absolute Gasteiger partial charge is 0.388 e. The van der Waals surface area contributed by atoms with Gasteiger partial charge in [0.15, 0.2) is 12.1 Å². The summed E-state index contributed by atoms with van der Waals surface area (Å²) < 4.78 is 0. The maximum atomic E-state index is 10.5. The predicted molar refractivity (Wildman–Crippen MR) is 36.2 cm³/mol. The van der Waals surface area contributed by atoms with Crippen molar-refractivity contribution in [2.24, 2.45) is 0 Å². The summed E-state index contributed by atoms with van der Waals surface area (Å²) >= 11 is 0. The maximum Gasteiger partial charge on any atom is 0.189 e. The Morgan fingerprint density at radius 2 is 1.83 bits per heavy atom. The number of aliphatic hydroxyl groups is 4. The molecule has 0 fully saturated rings. The lowest BCUT2D eigenvalue weighted by Gasteiger charge is -2.16. The first-order chi connectivity index (χ1) is 5.54. The number of hydrogen-bond donors (Lipinski definition) is 4. The molecule has 0 amide bonds. The molecule has 12 heavy (non-hydrogen) atoms. The van der Waals surface area contributed by atoms with Gasteiger partial charge in [0.2, 0.25) is 0 Å². The summed E-state index contributed by atoms with van der Waals surface area (Å²) in [7, 11) is 0. The van der Waals surface area contributed by atoms with Crippen LogP contribution in [0, 0.1) is 0 Å². The van der Waals surface area contributed by atoms with Crippen LogP contribution in [-0.2, 0) is 9.59 Å². The second kappa shape index (κ2) is 4.94. The van der Waals surface area contributed by atoms with Gasteiger partial charge >= 0.3 is 0 Å². The van der Waals surface area contributed by atoms with Gasteiger partial charge in [-0.1, -0.05) is 0 Å². The zero-order valence-electron chi connectivity index (χ0n) is 6.12. The highest BCUT2D eigenvalue weighted by Crippen LogP contribution is 1.99. The minimum Gasteiger partial charge on any atom is -0.388 e. The van der Waals surface area contributed by atoms with E-state index in [4.69, 9.17) is 20.4 Å². The zero-order valence-corrected chi connectivity index (χ0v) is 6.12. The number of carbonyl (C=O) groups excluding carboxylic acids is 2. The fourth-order valence-electron chi connectivity index (χ4n) is 0.551. The number of aldehydes is 1. The van der Waals surface area contributed by atoms with Crippen molar-refractivity contribution in [1.29, 1.82) is 0 Å². The van der Waals surface area contributed by atoms with Gasteiger partial charge in [-0.05, 0) is 0 Å². The monoisotopic (exact) mass is 178 g/mol. The van der Waals surface area contributed by atoms with Gasteiger partial charge in [0, 0.05) is 0 Å². The summed E-state index contributed by atoms with van der Waals surface area (Å²) in [4.78, 5) is 20.4. The highest BCUT2D eigenvalue weighted by Gasteiger charge is 2.29. The van der Waals surface area contributed by atoms with E-state index < -0.39 is 30.7 Å². The third-order valence-corrected chi connectivity index (χ3v) is 1.30. The lowest BCUT2D eigenvalue weighted by atomic mass is 10.1. The molecule has 0 radical (unpaired) electrons. The van der Waals surface area contributed by atoms with Crippen molar-refractivity contribution in [2.45, 2.75) is 18.3 Å². The molecular formula is C6H10O6. The normalized spacial score (nSPS) is 18.0. The molecule has 0 unspecified atom stereocenters. The molecule has 0 aliphatic heterocycles. The molecule has 0 aliphatic rings. The van der Waals surface area contributed by atoms with Crippen LogP contribution in [0.5, 0.6) is 0 Å². The molecule has 0 aromatic rings. The Labute approximate surface area is 68.1 Å². The molecule has 0 aromatic carbocycles. The Morgan fingerprint density at radius 3 is 2.17 bits per heavy atom. The van der Waals surface area contributed by atoms with Crippen LogP contribution in [0.25, 0.3) is 0 Å². The molecule has 0 rings (SSSR count). The molecule has 6 nitrogen and oxygen atoms in total. The predicted octanol–water partition coefficient (Wildman–Crippen LogP) is -3.17. The quantitative estimate of drug-likeness (QED) is 0.330. The van der Waals surface area contributed by atoms with E-state index in [0.717, 1.165) is 0 Å². The molecule has 4 N–H and O–H groups in total. The van der Waals surface area contributed by atoms with Gasteiger partial charge < -0.3 is 25.2 Å². The second-order valence-electron chi connectivity index (χ2n) is 2.19. The van der Waals surface area contributed by atoms with Crippen molar-refractivity contribution in [2.75, 3.05) is 6.61 Å². The van der Waals surface area contributed by atoms with Crippen molar-refractivity contribution in [3.63, 3.8) is 0 Å². The van der Waals surface area contributed by atoms with Gasteiger partial charge in [0.05, 0.1) is 0 Å². The molecule has 0 saturated heterocycles. The minimum atomic E-state index is -1.94. The molecule has 0 aromatic heterocycles. The van der Waals surface area contributed by atoms with Crippen LogP contribution in [-0.4, -0.2) is 57.4 Å². The fourth-order valence-corrected chi connectivity index (χ4v) is 0.551. The number of Topliss-reactive ketones (excluding diaryl/α,β-unsaturated/α-hetero) is 1. The highest BCUT2D eigenvalue weighted by molar-refractivity contribution is 5.84. The summed E-state index contributed by atoms with van der Waals surface area (Å²) in [6.45, 7) is -0.955. The molecule has 0 bridgehead atoms. The summed E-state index contributed by atoms with van der Waals surface area (Å²) in [5, 5.41) is 34.5. The molecule has 0 aliphatic carbocycles. The van der Waals surface area contributed by atoms with Crippen molar-refractivity contribution in [3.8, 4) is 0 Å². The van der Waals surface area contributed by atoms with E-state index >= 15 is 0 Å². The van der Waals surface area contributed by atoms with Crippen molar-refractivity contribution in [1.82, 2.24) is 0 Å². The van der Waals surface area contributed by atoms with Crippen LogP contribution in [0.15, 0.2) is 0 Å². The average molecular weight is 178 g/mol. The highest BCUT2D eigenvalue weighted by atomic mass is 16.4. The van der Waals surface area contributed by atoms with Gasteiger partial charge in [0.1, 0.15) is 24.9 Å². The van der Waals surface area contributed by atoms with Crippen molar-refractivity contribution in [3.05, 3.63) is 0 Å². The average Bonchev–Trinajstić information content (AvgIpc) is 2.12. The minimum absolute atomic E-state index is 0.0153. The van der Waals surface area contributed by atoms with E-state index in [2.05, 4.69) is 0 Å². The third-order valence-electron chi connectivity index (χ3n) is 1.30. The van der Waals surface area contributed by atoms with Gasteiger partial charge in [-0.2, -0.15) is 0 Å². The smallest absolute Gasteiger partial charge is 0.189 e. The van der Waals surface area contributed by atoms with Crippen molar-refractivity contribution >= 4 is 12.1 Å².